The number of aromatic nitrogens is 2. The average Bonchev–Trinajstić information content (AvgIpc) is 2.85. The lowest BCUT2D eigenvalue weighted by Gasteiger charge is -2.00. The van der Waals surface area contributed by atoms with Gasteiger partial charge in [-0.05, 0) is 13.8 Å². The summed E-state index contributed by atoms with van der Waals surface area (Å²) in [6, 6.07) is 0.596. The third-order valence-electron chi connectivity index (χ3n) is 2.12. The molecule has 0 atom stereocenters. The molecular weight excluding hydrogens is 278 g/mol. The molecule has 0 unspecified atom stereocenters. The first kappa shape index (κ1) is 13.1. The van der Waals surface area contributed by atoms with Crippen LogP contribution < -0.4 is 4.72 Å². The van der Waals surface area contributed by atoms with Crippen LogP contribution in [0.4, 0.5) is 6.01 Å². The Balaban J connectivity index is 2.37. The van der Waals surface area contributed by atoms with Crippen molar-refractivity contribution in [2.45, 2.75) is 18.7 Å². The molecular formula is C9H9N3O6S. The van der Waals surface area contributed by atoms with Crippen LogP contribution in [0.15, 0.2) is 19.9 Å². The second-order valence-electron chi connectivity index (χ2n) is 3.59. The lowest BCUT2D eigenvalue weighted by Crippen LogP contribution is -2.13. The Morgan fingerprint density at radius 1 is 1.42 bits per heavy atom. The lowest BCUT2D eigenvalue weighted by atomic mass is 10.4. The van der Waals surface area contributed by atoms with E-state index in [0.717, 1.165) is 6.07 Å². The molecule has 0 aliphatic carbocycles. The highest BCUT2D eigenvalue weighted by Gasteiger charge is 2.25. The number of aromatic carboxylic acids is 1. The molecule has 0 bridgehead atoms. The van der Waals surface area contributed by atoms with E-state index < -0.39 is 21.8 Å². The molecule has 2 aromatic heterocycles. The molecule has 0 saturated heterocycles. The van der Waals surface area contributed by atoms with E-state index in [4.69, 9.17) is 9.52 Å². The predicted molar refractivity (Wildman–Crippen MR) is 60.2 cm³/mol. The number of nitrogens with zero attached hydrogens (tertiary/aromatic N) is 2. The van der Waals surface area contributed by atoms with Gasteiger partial charge in [0.05, 0.1) is 0 Å². The summed E-state index contributed by atoms with van der Waals surface area (Å²) in [4.78, 5) is 14.1. The Morgan fingerprint density at radius 3 is 2.58 bits per heavy atom. The Kier molecular flexibility index (Phi) is 3.02. The monoisotopic (exact) mass is 287 g/mol. The molecule has 0 aliphatic rings. The number of carbonyl (C=O) groups is 1. The van der Waals surface area contributed by atoms with Crippen molar-refractivity contribution in [1.82, 2.24) is 10.1 Å². The summed E-state index contributed by atoms with van der Waals surface area (Å²) in [5.74, 6) is -1.63. The summed E-state index contributed by atoms with van der Waals surface area (Å²) in [5.41, 5.74) is 0. The van der Waals surface area contributed by atoms with E-state index >= 15 is 0 Å². The zero-order valence-corrected chi connectivity index (χ0v) is 10.7. The fraction of sp³-hybridized carbons (Fsp3) is 0.222. The van der Waals surface area contributed by atoms with Crippen molar-refractivity contribution in [2.24, 2.45) is 0 Å². The first-order valence-electron chi connectivity index (χ1n) is 4.96. The number of hydrogen-bond acceptors (Lipinski definition) is 7. The van der Waals surface area contributed by atoms with Crippen molar-refractivity contribution >= 4 is 22.0 Å². The van der Waals surface area contributed by atoms with Crippen LogP contribution in [0.3, 0.4) is 0 Å². The number of aryl methyl sites for hydroxylation is 2. The average molecular weight is 287 g/mol. The SMILES string of the molecule is Cc1noc(NS(=O)(=O)c2cc(C(=O)O)oc2C)n1. The summed E-state index contributed by atoms with van der Waals surface area (Å²) in [6.45, 7) is 2.85. The minimum absolute atomic E-state index is 0.0545. The van der Waals surface area contributed by atoms with E-state index in [1.54, 1.807) is 0 Å². The normalized spacial score (nSPS) is 11.5. The fourth-order valence-corrected chi connectivity index (χ4v) is 2.45. The lowest BCUT2D eigenvalue weighted by molar-refractivity contribution is 0.0661. The van der Waals surface area contributed by atoms with Gasteiger partial charge >= 0.3 is 12.0 Å². The van der Waals surface area contributed by atoms with Gasteiger partial charge in [-0.2, -0.15) is 4.98 Å². The van der Waals surface area contributed by atoms with Crippen molar-refractivity contribution < 1.29 is 27.3 Å². The summed E-state index contributed by atoms with van der Waals surface area (Å²) in [6.07, 6.45) is 0. The highest BCUT2D eigenvalue weighted by atomic mass is 32.2. The van der Waals surface area contributed by atoms with Gasteiger partial charge in [-0.25, -0.2) is 17.9 Å². The fourth-order valence-electron chi connectivity index (χ4n) is 1.35. The Bertz CT molecular complexity index is 729. The van der Waals surface area contributed by atoms with Gasteiger partial charge in [-0.3, -0.25) is 0 Å². The highest BCUT2D eigenvalue weighted by molar-refractivity contribution is 7.92. The molecule has 0 spiro atoms. The van der Waals surface area contributed by atoms with Crippen molar-refractivity contribution in [1.29, 1.82) is 0 Å². The highest BCUT2D eigenvalue weighted by Crippen LogP contribution is 2.22. The molecule has 2 N–H and O–H groups in total. The van der Waals surface area contributed by atoms with Crippen LogP contribution in [-0.2, 0) is 10.0 Å². The predicted octanol–water partition coefficient (Wildman–Crippen LogP) is 0.778. The molecule has 19 heavy (non-hydrogen) atoms. The molecule has 0 saturated carbocycles. The second kappa shape index (κ2) is 4.39. The van der Waals surface area contributed by atoms with Crippen LogP contribution in [0.2, 0.25) is 0 Å². The molecule has 0 aromatic carbocycles. The Labute approximate surface area is 107 Å². The van der Waals surface area contributed by atoms with E-state index in [9.17, 15) is 13.2 Å². The van der Waals surface area contributed by atoms with Gasteiger partial charge in [0.15, 0.2) is 5.82 Å². The summed E-state index contributed by atoms with van der Waals surface area (Å²) < 4.78 is 35.4. The molecule has 9 nitrogen and oxygen atoms in total. The minimum atomic E-state index is -4.05. The van der Waals surface area contributed by atoms with Gasteiger partial charge in [0, 0.05) is 6.07 Å². The maximum absolute atomic E-state index is 12.0. The molecule has 10 heteroatoms. The van der Waals surface area contributed by atoms with Crippen LogP contribution in [0, 0.1) is 13.8 Å². The third-order valence-corrected chi connectivity index (χ3v) is 3.55. The van der Waals surface area contributed by atoms with Gasteiger partial charge < -0.3 is 14.0 Å². The van der Waals surface area contributed by atoms with E-state index in [-0.39, 0.29) is 22.5 Å². The largest absolute Gasteiger partial charge is 0.475 e. The van der Waals surface area contributed by atoms with Gasteiger partial charge in [0.1, 0.15) is 10.7 Å². The molecule has 0 fully saturated rings. The topological polar surface area (TPSA) is 136 Å². The molecule has 2 aromatic rings. The van der Waals surface area contributed by atoms with Crippen LogP contribution in [-0.4, -0.2) is 29.6 Å². The van der Waals surface area contributed by atoms with E-state index in [1.165, 1.54) is 13.8 Å². The molecule has 0 aliphatic heterocycles. The molecule has 2 heterocycles. The molecule has 0 amide bonds. The maximum atomic E-state index is 12.0. The maximum Gasteiger partial charge on any atom is 0.371 e. The van der Waals surface area contributed by atoms with Crippen LogP contribution in [0.5, 0.6) is 0 Å². The second-order valence-corrected chi connectivity index (χ2v) is 5.24. The van der Waals surface area contributed by atoms with E-state index in [1.807, 2.05) is 4.72 Å². The van der Waals surface area contributed by atoms with Crippen LogP contribution >= 0.6 is 0 Å². The van der Waals surface area contributed by atoms with Crippen LogP contribution in [0.25, 0.3) is 0 Å². The van der Waals surface area contributed by atoms with Crippen molar-refractivity contribution in [2.75, 3.05) is 4.72 Å². The smallest absolute Gasteiger partial charge is 0.371 e. The van der Waals surface area contributed by atoms with E-state index in [0.29, 0.717) is 0 Å². The number of anilines is 1. The van der Waals surface area contributed by atoms with E-state index in [2.05, 4.69) is 14.7 Å². The number of carboxylic acids is 1. The van der Waals surface area contributed by atoms with Crippen LogP contribution in [0.1, 0.15) is 22.1 Å². The quantitative estimate of drug-likeness (QED) is 0.841. The zero-order valence-electron chi connectivity index (χ0n) is 9.87. The first-order valence-corrected chi connectivity index (χ1v) is 6.45. The summed E-state index contributed by atoms with van der Waals surface area (Å²) in [5, 5.41) is 12.2. The van der Waals surface area contributed by atoms with Crippen molar-refractivity contribution in [3.05, 3.63) is 23.4 Å². The Hall–Kier alpha value is -2.36. The standard InChI is InChI=1S/C9H9N3O6S/c1-4-7(3-6(17-4)8(13)14)19(15,16)12-9-10-5(2)11-18-9/h3H,1-2H3,(H,13,14)(H,10,11,12). The minimum Gasteiger partial charge on any atom is -0.475 e. The number of sulfonamides is 1. The van der Waals surface area contributed by atoms with Crippen molar-refractivity contribution in [3.63, 3.8) is 0 Å². The summed E-state index contributed by atoms with van der Waals surface area (Å²) in [7, 11) is -4.05. The van der Waals surface area contributed by atoms with Gasteiger partial charge in [0.2, 0.25) is 5.76 Å². The summed E-state index contributed by atoms with van der Waals surface area (Å²) >= 11 is 0. The third kappa shape index (κ3) is 2.57. The van der Waals surface area contributed by atoms with Gasteiger partial charge in [-0.15, -0.1) is 0 Å². The van der Waals surface area contributed by atoms with Gasteiger partial charge in [0.25, 0.3) is 10.0 Å². The number of carboxylic acid groups (broad SMARTS) is 1. The molecule has 2 rings (SSSR count). The number of hydrogen-bond donors (Lipinski definition) is 2. The van der Waals surface area contributed by atoms with Gasteiger partial charge in [-0.1, -0.05) is 5.16 Å². The number of rotatable bonds is 4. The number of furan rings is 1. The first-order chi connectivity index (χ1) is 8.79. The molecule has 0 radical (unpaired) electrons. The molecule has 102 valence electrons. The Morgan fingerprint density at radius 2 is 2.11 bits per heavy atom. The zero-order chi connectivity index (χ0) is 14.2. The number of nitrogens with one attached hydrogen (secondary N) is 1. The van der Waals surface area contributed by atoms with Crippen molar-refractivity contribution in [3.8, 4) is 0 Å².